The summed E-state index contributed by atoms with van der Waals surface area (Å²) in [6.07, 6.45) is 1.20. The number of hydrogen-bond donors (Lipinski definition) is 1. The molecule has 0 aliphatic heterocycles. The molecule has 0 unspecified atom stereocenters. The van der Waals surface area contributed by atoms with Crippen molar-refractivity contribution in [3.05, 3.63) is 34.9 Å². The molecule has 2 nitrogen and oxygen atoms in total. The number of nitrogens with zero attached hydrogens (tertiary/aromatic N) is 1. The average molecular weight is 248 g/mol. The van der Waals surface area contributed by atoms with E-state index in [4.69, 9.17) is 0 Å². The Balaban J connectivity index is 2.62. The highest BCUT2D eigenvalue weighted by atomic mass is 15.1. The van der Waals surface area contributed by atoms with Crippen LogP contribution in [0.1, 0.15) is 42.9 Å². The van der Waals surface area contributed by atoms with Gasteiger partial charge in [-0.1, -0.05) is 32.0 Å². The number of benzene rings is 1. The van der Waals surface area contributed by atoms with E-state index in [1.807, 2.05) is 7.05 Å². The van der Waals surface area contributed by atoms with Crippen LogP contribution >= 0.6 is 0 Å². The molecule has 0 heterocycles. The van der Waals surface area contributed by atoms with E-state index in [2.05, 4.69) is 56.2 Å². The third-order valence-corrected chi connectivity index (χ3v) is 3.45. The fourth-order valence-corrected chi connectivity index (χ4v) is 2.12. The molecular weight excluding hydrogens is 220 g/mol. The van der Waals surface area contributed by atoms with E-state index in [9.17, 15) is 0 Å². The Morgan fingerprint density at radius 2 is 2.00 bits per heavy atom. The van der Waals surface area contributed by atoms with E-state index >= 15 is 0 Å². The second kappa shape index (κ2) is 7.55. The van der Waals surface area contributed by atoms with E-state index in [0.717, 1.165) is 19.6 Å². The summed E-state index contributed by atoms with van der Waals surface area (Å²) >= 11 is 0. The molecule has 1 N–H and O–H groups in total. The Hall–Kier alpha value is -0.860. The van der Waals surface area contributed by atoms with Crippen LogP contribution in [0.2, 0.25) is 0 Å². The molecule has 0 bridgehead atoms. The zero-order chi connectivity index (χ0) is 13.5. The molecule has 2 heteroatoms. The van der Waals surface area contributed by atoms with Crippen LogP contribution in [-0.4, -0.2) is 32.1 Å². The zero-order valence-corrected chi connectivity index (χ0v) is 12.6. The first-order chi connectivity index (χ1) is 8.54. The van der Waals surface area contributed by atoms with Crippen LogP contribution < -0.4 is 5.32 Å². The van der Waals surface area contributed by atoms with Crippen molar-refractivity contribution in [2.45, 2.75) is 39.7 Å². The standard InChI is InChI=1S/C16H28N2/c1-13(2)15-8-7-14(3)16(11-15)12-18(5)10-6-9-17-4/h7-8,11,13,17H,6,9-10,12H2,1-5H3. The number of hydrogen-bond acceptors (Lipinski definition) is 2. The first-order valence-corrected chi connectivity index (χ1v) is 6.97. The van der Waals surface area contributed by atoms with Crippen molar-refractivity contribution in [2.24, 2.45) is 0 Å². The molecule has 0 radical (unpaired) electrons. The lowest BCUT2D eigenvalue weighted by molar-refractivity contribution is 0.320. The van der Waals surface area contributed by atoms with Gasteiger partial charge in [0.05, 0.1) is 0 Å². The average Bonchev–Trinajstić information content (AvgIpc) is 2.32. The predicted octanol–water partition coefficient (Wildman–Crippen LogP) is 3.16. The topological polar surface area (TPSA) is 15.3 Å². The van der Waals surface area contributed by atoms with Gasteiger partial charge in [0.25, 0.3) is 0 Å². The van der Waals surface area contributed by atoms with E-state index in [0.29, 0.717) is 5.92 Å². The van der Waals surface area contributed by atoms with Crippen molar-refractivity contribution >= 4 is 0 Å². The van der Waals surface area contributed by atoms with Gasteiger partial charge in [-0.05, 0) is 63.1 Å². The highest BCUT2D eigenvalue weighted by Gasteiger charge is 2.06. The predicted molar refractivity (Wildman–Crippen MR) is 80.1 cm³/mol. The Labute approximate surface area is 112 Å². The summed E-state index contributed by atoms with van der Waals surface area (Å²) in [5.41, 5.74) is 4.31. The Kier molecular flexibility index (Phi) is 6.37. The maximum absolute atomic E-state index is 3.20. The minimum absolute atomic E-state index is 0.610. The van der Waals surface area contributed by atoms with Gasteiger partial charge in [0, 0.05) is 6.54 Å². The van der Waals surface area contributed by atoms with Crippen molar-refractivity contribution in [1.29, 1.82) is 0 Å². The molecule has 0 aromatic heterocycles. The Morgan fingerprint density at radius 1 is 1.28 bits per heavy atom. The summed E-state index contributed by atoms with van der Waals surface area (Å²) < 4.78 is 0. The lowest BCUT2D eigenvalue weighted by atomic mass is 9.97. The summed E-state index contributed by atoms with van der Waals surface area (Å²) in [6, 6.07) is 6.88. The van der Waals surface area contributed by atoms with Gasteiger partial charge in [0.1, 0.15) is 0 Å². The van der Waals surface area contributed by atoms with Gasteiger partial charge in [-0.15, -0.1) is 0 Å². The fourth-order valence-electron chi connectivity index (χ4n) is 2.12. The summed E-state index contributed by atoms with van der Waals surface area (Å²) in [4.78, 5) is 2.41. The van der Waals surface area contributed by atoms with Gasteiger partial charge >= 0.3 is 0 Å². The van der Waals surface area contributed by atoms with Gasteiger partial charge in [-0.2, -0.15) is 0 Å². The van der Waals surface area contributed by atoms with Crippen molar-refractivity contribution in [3.8, 4) is 0 Å². The first-order valence-electron chi connectivity index (χ1n) is 6.97. The molecule has 0 aliphatic carbocycles. The monoisotopic (exact) mass is 248 g/mol. The fraction of sp³-hybridized carbons (Fsp3) is 0.625. The number of aryl methyl sites for hydroxylation is 1. The summed E-state index contributed by atoms with van der Waals surface area (Å²) in [5.74, 6) is 0.610. The quantitative estimate of drug-likeness (QED) is 0.746. The zero-order valence-electron chi connectivity index (χ0n) is 12.6. The normalized spacial score (nSPS) is 11.5. The van der Waals surface area contributed by atoms with Crippen molar-refractivity contribution in [1.82, 2.24) is 10.2 Å². The van der Waals surface area contributed by atoms with Crippen molar-refractivity contribution in [3.63, 3.8) is 0 Å². The van der Waals surface area contributed by atoms with E-state index < -0.39 is 0 Å². The van der Waals surface area contributed by atoms with E-state index in [1.54, 1.807) is 0 Å². The molecule has 0 fully saturated rings. The van der Waals surface area contributed by atoms with E-state index in [-0.39, 0.29) is 0 Å². The molecule has 0 atom stereocenters. The molecule has 0 saturated heterocycles. The van der Waals surface area contributed by atoms with Crippen LogP contribution in [0.5, 0.6) is 0 Å². The second-order valence-corrected chi connectivity index (χ2v) is 5.54. The first kappa shape index (κ1) is 15.2. The molecule has 0 aliphatic rings. The maximum atomic E-state index is 3.20. The van der Waals surface area contributed by atoms with Gasteiger partial charge < -0.3 is 10.2 Å². The molecule has 102 valence electrons. The molecule has 1 aromatic rings. The maximum Gasteiger partial charge on any atom is 0.0233 e. The summed E-state index contributed by atoms with van der Waals surface area (Å²) in [6.45, 7) is 10.0. The smallest absolute Gasteiger partial charge is 0.0233 e. The highest BCUT2D eigenvalue weighted by molar-refractivity contribution is 5.32. The van der Waals surface area contributed by atoms with Gasteiger partial charge in [0.15, 0.2) is 0 Å². The summed E-state index contributed by atoms with van der Waals surface area (Å²) in [7, 11) is 4.22. The SMILES string of the molecule is CNCCCN(C)Cc1cc(C(C)C)ccc1C. The minimum Gasteiger partial charge on any atom is -0.320 e. The van der Waals surface area contributed by atoms with Crippen LogP contribution in [0.3, 0.4) is 0 Å². The molecule has 0 saturated carbocycles. The molecule has 1 aromatic carbocycles. The summed E-state index contributed by atoms with van der Waals surface area (Å²) in [5, 5.41) is 3.20. The second-order valence-electron chi connectivity index (χ2n) is 5.54. The largest absolute Gasteiger partial charge is 0.320 e. The lowest BCUT2D eigenvalue weighted by Crippen LogP contribution is -2.22. The highest BCUT2D eigenvalue weighted by Crippen LogP contribution is 2.19. The third kappa shape index (κ3) is 4.79. The molecular formula is C16H28N2. The van der Waals surface area contributed by atoms with Crippen molar-refractivity contribution < 1.29 is 0 Å². The van der Waals surface area contributed by atoms with Gasteiger partial charge in [0.2, 0.25) is 0 Å². The lowest BCUT2D eigenvalue weighted by Gasteiger charge is -2.19. The molecule has 0 amide bonds. The van der Waals surface area contributed by atoms with Gasteiger partial charge in [-0.25, -0.2) is 0 Å². The molecule has 0 spiro atoms. The van der Waals surface area contributed by atoms with Crippen LogP contribution in [0.15, 0.2) is 18.2 Å². The number of rotatable bonds is 7. The third-order valence-electron chi connectivity index (χ3n) is 3.45. The van der Waals surface area contributed by atoms with Crippen molar-refractivity contribution in [2.75, 3.05) is 27.2 Å². The van der Waals surface area contributed by atoms with Crippen LogP contribution in [-0.2, 0) is 6.54 Å². The van der Waals surface area contributed by atoms with Crippen LogP contribution in [0, 0.1) is 6.92 Å². The number of nitrogens with one attached hydrogen (secondary N) is 1. The van der Waals surface area contributed by atoms with Crippen LogP contribution in [0.25, 0.3) is 0 Å². The molecule has 18 heavy (non-hydrogen) atoms. The van der Waals surface area contributed by atoms with Crippen LogP contribution in [0.4, 0.5) is 0 Å². The van der Waals surface area contributed by atoms with Gasteiger partial charge in [-0.3, -0.25) is 0 Å². The Bertz CT molecular complexity index is 358. The molecule has 1 rings (SSSR count). The van der Waals surface area contributed by atoms with E-state index in [1.165, 1.54) is 23.1 Å². The minimum atomic E-state index is 0.610. The Morgan fingerprint density at radius 3 is 2.61 bits per heavy atom.